The summed E-state index contributed by atoms with van der Waals surface area (Å²) in [4.78, 5) is 17.9. The average molecular weight is 466 g/mol. The van der Waals surface area contributed by atoms with Crippen LogP contribution in [-0.4, -0.2) is 17.5 Å². The van der Waals surface area contributed by atoms with Crippen LogP contribution < -0.4 is 15.4 Å². The van der Waals surface area contributed by atoms with Gasteiger partial charge in [0.15, 0.2) is 0 Å². The second-order valence-electron chi connectivity index (χ2n) is 6.78. The Kier molecular flexibility index (Phi) is 8.67. The molecule has 1 aromatic heterocycles. The minimum Gasteiger partial charge on any atom is -0.494 e. The number of benzene rings is 2. The van der Waals surface area contributed by atoms with Crippen molar-refractivity contribution in [2.45, 2.75) is 33.5 Å². The molecule has 0 atom stereocenters. The quantitative estimate of drug-likeness (QED) is 0.543. The van der Waals surface area contributed by atoms with E-state index in [1.54, 1.807) is 0 Å². The Morgan fingerprint density at radius 3 is 2.60 bits per heavy atom. The van der Waals surface area contributed by atoms with Crippen molar-refractivity contribution >= 4 is 42.1 Å². The molecular formula is C22H25Cl2N3O2S. The smallest absolute Gasteiger partial charge is 0.263 e. The molecular weight excluding hydrogens is 441 g/mol. The molecule has 160 valence electrons. The number of rotatable bonds is 6. The second kappa shape index (κ2) is 10.8. The monoisotopic (exact) mass is 465 g/mol. The van der Waals surface area contributed by atoms with Crippen molar-refractivity contribution < 1.29 is 9.53 Å². The Hall–Kier alpha value is -2.12. The minimum atomic E-state index is -0.0780. The van der Waals surface area contributed by atoms with Gasteiger partial charge in [-0.05, 0) is 54.8 Å². The largest absolute Gasteiger partial charge is 0.494 e. The first-order valence-electron chi connectivity index (χ1n) is 9.44. The fourth-order valence-electron chi connectivity index (χ4n) is 3.31. The lowest BCUT2D eigenvalue weighted by atomic mass is 10.1. The highest BCUT2D eigenvalue weighted by Gasteiger charge is 2.17. The van der Waals surface area contributed by atoms with Crippen molar-refractivity contribution in [2.75, 3.05) is 6.61 Å². The van der Waals surface area contributed by atoms with E-state index in [2.05, 4.69) is 33.8 Å². The van der Waals surface area contributed by atoms with Crippen molar-refractivity contribution in [3.63, 3.8) is 0 Å². The first kappa shape index (κ1) is 24.2. The van der Waals surface area contributed by atoms with Crippen molar-refractivity contribution in [3.05, 3.63) is 69.7 Å². The van der Waals surface area contributed by atoms with Gasteiger partial charge in [-0.15, -0.1) is 36.2 Å². The molecule has 1 amide bonds. The number of ether oxygens (including phenoxy) is 1. The molecule has 8 heteroatoms. The van der Waals surface area contributed by atoms with Crippen LogP contribution in [0.3, 0.4) is 0 Å². The number of hydrogen-bond acceptors (Lipinski definition) is 5. The van der Waals surface area contributed by atoms with Crippen LogP contribution in [0.1, 0.15) is 39.0 Å². The van der Waals surface area contributed by atoms with E-state index in [1.807, 2.05) is 38.1 Å². The number of thiazole rings is 1. The van der Waals surface area contributed by atoms with Crippen LogP contribution in [0.4, 0.5) is 0 Å². The molecule has 3 aromatic rings. The zero-order valence-electron chi connectivity index (χ0n) is 16.9. The van der Waals surface area contributed by atoms with E-state index >= 15 is 0 Å². The van der Waals surface area contributed by atoms with Crippen LogP contribution in [0, 0.1) is 6.92 Å². The van der Waals surface area contributed by atoms with Crippen LogP contribution >= 0.6 is 36.2 Å². The Labute approximate surface area is 193 Å². The van der Waals surface area contributed by atoms with Gasteiger partial charge in [0.2, 0.25) is 0 Å². The van der Waals surface area contributed by atoms with Crippen LogP contribution in [0.5, 0.6) is 5.75 Å². The normalized spacial score (nSPS) is 11.8. The van der Waals surface area contributed by atoms with Crippen LogP contribution in [-0.2, 0) is 19.6 Å². The van der Waals surface area contributed by atoms with Gasteiger partial charge >= 0.3 is 0 Å². The fraction of sp³-hybridized carbons (Fsp3) is 0.273. The highest BCUT2D eigenvalue weighted by molar-refractivity contribution is 7.17. The molecule has 2 heterocycles. The lowest BCUT2D eigenvalue weighted by Gasteiger charge is -2.06. The zero-order chi connectivity index (χ0) is 19.5. The maximum Gasteiger partial charge on any atom is 0.263 e. The van der Waals surface area contributed by atoms with Gasteiger partial charge in [0.25, 0.3) is 5.91 Å². The number of fused-ring (bicyclic) bond motifs is 1. The molecule has 30 heavy (non-hydrogen) atoms. The van der Waals surface area contributed by atoms with Gasteiger partial charge < -0.3 is 15.4 Å². The van der Waals surface area contributed by atoms with E-state index in [0.29, 0.717) is 18.0 Å². The summed E-state index contributed by atoms with van der Waals surface area (Å²) in [5, 5.41) is 7.21. The third kappa shape index (κ3) is 5.32. The molecule has 0 saturated heterocycles. The Bertz CT molecular complexity index is 1010. The predicted octanol–water partition coefficient (Wildman–Crippen LogP) is 4.89. The van der Waals surface area contributed by atoms with Gasteiger partial charge in [-0.25, -0.2) is 4.98 Å². The van der Waals surface area contributed by atoms with E-state index in [1.165, 1.54) is 22.5 Å². The molecule has 0 bridgehead atoms. The molecule has 5 nitrogen and oxygen atoms in total. The molecule has 2 N–H and O–H groups in total. The first-order valence-corrected chi connectivity index (χ1v) is 10.3. The molecule has 0 spiro atoms. The molecule has 0 unspecified atom stereocenters. The van der Waals surface area contributed by atoms with Crippen molar-refractivity contribution in [1.82, 2.24) is 15.6 Å². The third-order valence-electron chi connectivity index (χ3n) is 4.77. The van der Waals surface area contributed by atoms with Crippen LogP contribution in [0.25, 0.3) is 10.6 Å². The number of halogens is 2. The SMILES string of the molecule is CCOc1ccc(-c2nc(C)c(C(=O)NCc3ccc4c(c3)CNC4)s2)cc1.Cl.Cl. The molecule has 0 radical (unpaired) electrons. The third-order valence-corrected chi connectivity index (χ3v) is 5.98. The predicted molar refractivity (Wildman–Crippen MR) is 126 cm³/mol. The highest BCUT2D eigenvalue weighted by Crippen LogP contribution is 2.29. The topological polar surface area (TPSA) is 63.2 Å². The van der Waals surface area contributed by atoms with Gasteiger partial charge in [-0.3, -0.25) is 4.79 Å². The second-order valence-corrected chi connectivity index (χ2v) is 7.78. The number of carbonyl (C=O) groups excluding carboxylic acids is 1. The average Bonchev–Trinajstić information content (AvgIpc) is 3.33. The lowest BCUT2D eigenvalue weighted by Crippen LogP contribution is -2.22. The van der Waals surface area contributed by atoms with Crippen molar-refractivity contribution in [1.29, 1.82) is 0 Å². The molecule has 0 fully saturated rings. The van der Waals surface area contributed by atoms with Gasteiger partial charge in [-0.1, -0.05) is 18.2 Å². The van der Waals surface area contributed by atoms with E-state index in [-0.39, 0.29) is 30.7 Å². The van der Waals surface area contributed by atoms with E-state index in [4.69, 9.17) is 4.74 Å². The van der Waals surface area contributed by atoms with Gasteiger partial charge in [0.05, 0.1) is 12.3 Å². The number of hydrogen-bond donors (Lipinski definition) is 2. The number of aryl methyl sites for hydroxylation is 1. The summed E-state index contributed by atoms with van der Waals surface area (Å²) in [6, 6.07) is 14.2. The molecule has 1 aliphatic heterocycles. The van der Waals surface area contributed by atoms with Crippen LogP contribution in [0.15, 0.2) is 42.5 Å². The Balaban J connectivity index is 0.00000160. The van der Waals surface area contributed by atoms with E-state index in [0.717, 1.165) is 40.7 Å². The summed E-state index contributed by atoms with van der Waals surface area (Å²) < 4.78 is 5.48. The van der Waals surface area contributed by atoms with Crippen molar-refractivity contribution in [2.24, 2.45) is 0 Å². The molecule has 0 saturated carbocycles. The number of nitrogens with zero attached hydrogens (tertiary/aromatic N) is 1. The summed E-state index contributed by atoms with van der Waals surface area (Å²) in [7, 11) is 0. The number of amides is 1. The van der Waals surface area contributed by atoms with E-state index in [9.17, 15) is 4.79 Å². The molecule has 2 aromatic carbocycles. The minimum absolute atomic E-state index is 0. The van der Waals surface area contributed by atoms with E-state index < -0.39 is 0 Å². The summed E-state index contributed by atoms with van der Waals surface area (Å²) >= 11 is 1.42. The van der Waals surface area contributed by atoms with Gasteiger partial charge in [-0.2, -0.15) is 0 Å². The summed E-state index contributed by atoms with van der Waals surface area (Å²) in [6.07, 6.45) is 0. The number of nitrogens with one attached hydrogen (secondary N) is 2. The standard InChI is InChI=1S/C22H23N3O2S.2ClH/c1-3-27-19-8-6-16(7-9-19)22-25-14(2)20(28-22)21(26)24-11-15-4-5-17-12-23-13-18(17)10-15;;/h4-10,23H,3,11-13H2,1-2H3,(H,24,26);2*1H. The lowest BCUT2D eigenvalue weighted by molar-refractivity contribution is 0.0954. The first-order chi connectivity index (χ1) is 13.6. The molecule has 1 aliphatic rings. The van der Waals surface area contributed by atoms with Crippen LogP contribution in [0.2, 0.25) is 0 Å². The summed E-state index contributed by atoms with van der Waals surface area (Å²) in [5.41, 5.74) is 5.52. The molecule has 4 rings (SSSR count). The maximum absolute atomic E-state index is 12.7. The van der Waals surface area contributed by atoms with Crippen molar-refractivity contribution in [3.8, 4) is 16.3 Å². The summed E-state index contributed by atoms with van der Waals surface area (Å²) in [5.74, 6) is 0.757. The summed E-state index contributed by atoms with van der Waals surface area (Å²) in [6.45, 7) is 6.82. The highest BCUT2D eigenvalue weighted by atomic mass is 35.5. The molecule has 0 aliphatic carbocycles. The zero-order valence-corrected chi connectivity index (χ0v) is 19.3. The number of aromatic nitrogens is 1. The Morgan fingerprint density at radius 1 is 1.13 bits per heavy atom. The number of carbonyl (C=O) groups is 1. The van der Waals surface area contributed by atoms with Gasteiger partial charge in [0.1, 0.15) is 15.6 Å². The van der Waals surface area contributed by atoms with Gasteiger partial charge in [0, 0.05) is 25.2 Å². The Morgan fingerprint density at radius 2 is 1.87 bits per heavy atom. The maximum atomic E-state index is 12.7. The fourth-order valence-corrected chi connectivity index (χ4v) is 4.30.